The molecule has 1 amide bonds. The molecule has 1 aromatic carbocycles. The summed E-state index contributed by atoms with van der Waals surface area (Å²) >= 11 is 0. The summed E-state index contributed by atoms with van der Waals surface area (Å²) in [6.45, 7) is -0.361. The number of hydrogen-bond acceptors (Lipinski definition) is 3. The van der Waals surface area contributed by atoms with E-state index < -0.39 is 23.9 Å². The standard InChI is InChI=1S/C15H9F5N2O2/c16-14(17,18)12-6-5-9(7-21-12)8-22-10-3-1-2-4-11(10)24-15(19,20)13(22)23/h1-7H,8H2. The lowest BCUT2D eigenvalue weighted by Crippen LogP contribution is -2.50. The third kappa shape index (κ3) is 2.89. The van der Waals surface area contributed by atoms with Crippen LogP contribution in [0.2, 0.25) is 0 Å². The van der Waals surface area contributed by atoms with Gasteiger partial charge in [0.2, 0.25) is 0 Å². The highest BCUT2D eigenvalue weighted by Gasteiger charge is 2.50. The molecule has 0 spiro atoms. The molecular formula is C15H9F5N2O2. The first kappa shape index (κ1) is 16.2. The van der Waals surface area contributed by atoms with E-state index in [9.17, 15) is 26.7 Å². The largest absolute Gasteiger partial charge is 0.482 e. The van der Waals surface area contributed by atoms with Gasteiger partial charge < -0.3 is 4.74 Å². The van der Waals surface area contributed by atoms with Gasteiger partial charge in [0, 0.05) is 6.20 Å². The first-order chi connectivity index (χ1) is 11.2. The number of carbonyl (C=O) groups excluding carboxylic acids is 1. The summed E-state index contributed by atoms with van der Waals surface area (Å²) in [5.41, 5.74) is -0.831. The monoisotopic (exact) mass is 344 g/mol. The molecule has 0 saturated heterocycles. The Bertz CT molecular complexity index is 774. The minimum absolute atomic E-state index is 0.105. The predicted molar refractivity (Wildman–Crippen MR) is 72.4 cm³/mol. The van der Waals surface area contributed by atoms with E-state index in [4.69, 9.17) is 0 Å². The molecule has 9 heteroatoms. The summed E-state index contributed by atoms with van der Waals surface area (Å²) in [5.74, 6) is -1.79. The number of benzene rings is 1. The van der Waals surface area contributed by atoms with Gasteiger partial charge in [0.1, 0.15) is 5.69 Å². The van der Waals surface area contributed by atoms with E-state index in [2.05, 4.69) is 9.72 Å². The van der Waals surface area contributed by atoms with Gasteiger partial charge in [-0.05, 0) is 23.8 Å². The molecule has 2 aromatic rings. The van der Waals surface area contributed by atoms with Gasteiger partial charge in [-0.1, -0.05) is 18.2 Å². The lowest BCUT2D eigenvalue weighted by atomic mass is 10.1. The molecule has 3 rings (SSSR count). The van der Waals surface area contributed by atoms with E-state index in [1.807, 2.05) is 0 Å². The Balaban J connectivity index is 1.92. The molecular weight excluding hydrogens is 335 g/mol. The number of anilines is 1. The highest BCUT2D eigenvalue weighted by atomic mass is 19.4. The summed E-state index contributed by atoms with van der Waals surface area (Å²) in [7, 11) is 0. The molecule has 0 radical (unpaired) electrons. The van der Waals surface area contributed by atoms with Crippen molar-refractivity contribution in [2.45, 2.75) is 18.8 Å². The minimum Gasteiger partial charge on any atom is -0.423 e. The number of alkyl halides is 5. The molecule has 1 aromatic heterocycles. The van der Waals surface area contributed by atoms with Crippen LogP contribution in [0, 0.1) is 0 Å². The third-order valence-electron chi connectivity index (χ3n) is 3.34. The van der Waals surface area contributed by atoms with Gasteiger partial charge in [-0.3, -0.25) is 14.7 Å². The maximum absolute atomic E-state index is 13.7. The molecule has 0 unspecified atom stereocenters. The van der Waals surface area contributed by atoms with Crippen molar-refractivity contribution in [3.63, 3.8) is 0 Å². The van der Waals surface area contributed by atoms with Crippen LogP contribution in [0.5, 0.6) is 5.75 Å². The Morgan fingerprint density at radius 1 is 1.12 bits per heavy atom. The van der Waals surface area contributed by atoms with E-state index in [0.717, 1.165) is 23.2 Å². The van der Waals surface area contributed by atoms with Crippen molar-refractivity contribution in [3.05, 3.63) is 53.9 Å². The van der Waals surface area contributed by atoms with Crippen LogP contribution in [0.25, 0.3) is 0 Å². The number of aromatic nitrogens is 1. The van der Waals surface area contributed by atoms with Crippen molar-refractivity contribution in [3.8, 4) is 5.75 Å². The molecule has 0 N–H and O–H groups in total. The SMILES string of the molecule is O=C1N(Cc2ccc(C(F)(F)F)nc2)c2ccccc2OC1(F)F. The predicted octanol–water partition coefficient (Wildman–Crippen LogP) is 3.62. The molecule has 0 fully saturated rings. The number of carbonyl (C=O) groups is 1. The second-order valence-electron chi connectivity index (χ2n) is 5.03. The molecule has 1 aliphatic heterocycles. The fourth-order valence-corrected chi connectivity index (χ4v) is 2.24. The van der Waals surface area contributed by atoms with Gasteiger partial charge in [0.05, 0.1) is 12.2 Å². The average molecular weight is 344 g/mol. The van der Waals surface area contributed by atoms with Crippen LogP contribution in [0.3, 0.4) is 0 Å². The summed E-state index contributed by atoms with van der Waals surface area (Å²) in [5, 5.41) is 0. The van der Waals surface area contributed by atoms with Crippen LogP contribution in [0.1, 0.15) is 11.3 Å². The Labute approximate surface area is 132 Å². The second-order valence-corrected chi connectivity index (χ2v) is 5.03. The number of rotatable bonds is 2. The van der Waals surface area contributed by atoms with E-state index in [-0.39, 0.29) is 23.5 Å². The Morgan fingerprint density at radius 3 is 2.46 bits per heavy atom. The number of fused-ring (bicyclic) bond motifs is 1. The van der Waals surface area contributed by atoms with Crippen LogP contribution in [-0.2, 0) is 17.5 Å². The van der Waals surface area contributed by atoms with E-state index in [1.165, 1.54) is 24.3 Å². The lowest BCUT2D eigenvalue weighted by Gasteiger charge is -2.33. The van der Waals surface area contributed by atoms with Crippen molar-refractivity contribution in [2.24, 2.45) is 0 Å². The van der Waals surface area contributed by atoms with E-state index in [1.54, 1.807) is 0 Å². The number of ether oxygens (including phenoxy) is 1. The summed E-state index contributed by atoms with van der Waals surface area (Å²) < 4.78 is 69.2. The molecule has 0 saturated carbocycles. The number of nitrogens with zero attached hydrogens (tertiary/aromatic N) is 2. The topological polar surface area (TPSA) is 42.4 Å². The maximum atomic E-state index is 13.7. The van der Waals surface area contributed by atoms with Gasteiger partial charge in [-0.25, -0.2) is 0 Å². The third-order valence-corrected chi connectivity index (χ3v) is 3.34. The van der Waals surface area contributed by atoms with Gasteiger partial charge in [0.25, 0.3) is 0 Å². The Morgan fingerprint density at radius 2 is 1.83 bits per heavy atom. The quantitative estimate of drug-likeness (QED) is 0.782. The zero-order valence-corrected chi connectivity index (χ0v) is 11.8. The van der Waals surface area contributed by atoms with Crippen LogP contribution in [0.4, 0.5) is 27.6 Å². The average Bonchev–Trinajstić information content (AvgIpc) is 2.51. The van der Waals surface area contributed by atoms with Crippen molar-refractivity contribution in [2.75, 3.05) is 4.90 Å². The number of para-hydroxylation sites is 2. The minimum atomic E-state index is -4.60. The van der Waals surface area contributed by atoms with Crippen molar-refractivity contribution >= 4 is 11.6 Å². The number of halogens is 5. The molecule has 0 bridgehead atoms. The molecule has 24 heavy (non-hydrogen) atoms. The van der Waals surface area contributed by atoms with Crippen LogP contribution >= 0.6 is 0 Å². The van der Waals surface area contributed by atoms with E-state index in [0.29, 0.717) is 0 Å². The molecule has 0 atom stereocenters. The summed E-state index contributed by atoms with van der Waals surface area (Å²) in [6, 6.07) is 7.47. The van der Waals surface area contributed by atoms with Crippen LogP contribution < -0.4 is 9.64 Å². The number of pyridine rings is 1. The van der Waals surface area contributed by atoms with Gasteiger partial charge in [-0.15, -0.1) is 0 Å². The number of amides is 1. The Hall–Kier alpha value is -2.71. The van der Waals surface area contributed by atoms with Crippen LogP contribution in [-0.4, -0.2) is 17.0 Å². The second kappa shape index (κ2) is 5.43. The molecule has 4 nitrogen and oxygen atoms in total. The maximum Gasteiger partial charge on any atom is 0.482 e. The molecule has 126 valence electrons. The summed E-state index contributed by atoms with van der Waals surface area (Å²) in [4.78, 5) is 15.9. The fourth-order valence-electron chi connectivity index (χ4n) is 2.24. The first-order valence-electron chi connectivity index (χ1n) is 6.68. The van der Waals surface area contributed by atoms with Gasteiger partial charge >= 0.3 is 18.2 Å². The lowest BCUT2D eigenvalue weighted by molar-refractivity contribution is -0.193. The molecule has 2 heterocycles. The summed E-state index contributed by atoms with van der Waals surface area (Å²) in [6.07, 6.45) is -7.76. The Kier molecular flexibility index (Phi) is 3.66. The van der Waals surface area contributed by atoms with Crippen molar-refractivity contribution < 1.29 is 31.5 Å². The first-order valence-corrected chi connectivity index (χ1v) is 6.68. The zero-order valence-electron chi connectivity index (χ0n) is 11.8. The molecule has 0 aliphatic carbocycles. The van der Waals surface area contributed by atoms with Gasteiger partial charge in [0.15, 0.2) is 5.75 Å². The highest BCUT2D eigenvalue weighted by Crippen LogP contribution is 2.39. The zero-order chi connectivity index (χ0) is 17.5. The van der Waals surface area contributed by atoms with Crippen LogP contribution in [0.15, 0.2) is 42.6 Å². The fraction of sp³-hybridized carbons (Fsp3) is 0.200. The van der Waals surface area contributed by atoms with Crippen molar-refractivity contribution in [1.82, 2.24) is 4.98 Å². The number of hydrogen-bond donors (Lipinski definition) is 0. The van der Waals surface area contributed by atoms with E-state index >= 15 is 0 Å². The van der Waals surface area contributed by atoms with Crippen molar-refractivity contribution in [1.29, 1.82) is 0 Å². The van der Waals surface area contributed by atoms with Gasteiger partial charge in [-0.2, -0.15) is 22.0 Å². The highest BCUT2D eigenvalue weighted by molar-refractivity contribution is 6.00. The molecule has 1 aliphatic rings. The normalized spacial score (nSPS) is 16.5. The smallest absolute Gasteiger partial charge is 0.423 e.